The van der Waals surface area contributed by atoms with Gasteiger partial charge in [0.25, 0.3) is 10.1 Å². The molecule has 0 aliphatic rings. The first kappa shape index (κ1) is 11.2. The van der Waals surface area contributed by atoms with Gasteiger partial charge in [-0.05, 0) is 18.4 Å². The molecule has 78 valence electrons. The third kappa shape index (κ3) is 2.56. The Morgan fingerprint density at radius 1 is 1.14 bits per heavy atom. The molecule has 0 aromatic heterocycles. The summed E-state index contributed by atoms with van der Waals surface area (Å²) in [5, 5.41) is -0.773. The van der Waals surface area contributed by atoms with Gasteiger partial charge in [-0.1, -0.05) is 37.3 Å². The van der Waals surface area contributed by atoms with Crippen molar-refractivity contribution in [3.63, 3.8) is 0 Å². The van der Waals surface area contributed by atoms with Gasteiger partial charge in [0.1, 0.15) is 0 Å². The molecule has 4 heteroatoms. The van der Waals surface area contributed by atoms with Crippen molar-refractivity contribution in [3.05, 3.63) is 35.9 Å². The summed E-state index contributed by atoms with van der Waals surface area (Å²) in [7, 11) is -3.95. The van der Waals surface area contributed by atoms with E-state index in [1.165, 1.54) is 6.92 Å². The van der Waals surface area contributed by atoms with Gasteiger partial charge in [-0.25, -0.2) is 0 Å². The zero-order chi connectivity index (χ0) is 10.8. The van der Waals surface area contributed by atoms with E-state index in [9.17, 15) is 8.42 Å². The monoisotopic (exact) mass is 214 g/mol. The second-order valence-corrected chi connectivity index (χ2v) is 5.19. The molecule has 0 radical (unpaired) electrons. The van der Waals surface area contributed by atoms with Crippen LogP contribution in [0, 0.1) is 0 Å². The molecule has 0 bridgehead atoms. The molecule has 14 heavy (non-hydrogen) atoms. The molecule has 2 unspecified atom stereocenters. The van der Waals surface area contributed by atoms with E-state index in [4.69, 9.17) is 4.55 Å². The first-order valence-electron chi connectivity index (χ1n) is 4.44. The van der Waals surface area contributed by atoms with Crippen LogP contribution in [0.5, 0.6) is 0 Å². The molecule has 1 rings (SSSR count). The summed E-state index contributed by atoms with van der Waals surface area (Å²) in [4.78, 5) is 0. The average Bonchev–Trinajstić information content (AvgIpc) is 2.15. The maximum Gasteiger partial charge on any atom is 0.268 e. The van der Waals surface area contributed by atoms with E-state index in [0.717, 1.165) is 5.56 Å². The van der Waals surface area contributed by atoms with Crippen molar-refractivity contribution in [1.82, 2.24) is 0 Å². The molecule has 1 aromatic carbocycles. The van der Waals surface area contributed by atoms with Crippen molar-refractivity contribution in [1.29, 1.82) is 0 Å². The van der Waals surface area contributed by atoms with Crippen molar-refractivity contribution in [3.8, 4) is 0 Å². The number of hydrogen-bond donors (Lipinski definition) is 1. The van der Waals surface area contributed by atoms with E-state index in [1.807, 2.05) is 30.3 Å². The molecule has 1 aromatic rings. The van der Waals surface area contributed by atoms with Crippen LogP contribution in [0.1, 0.15) is 25.3 Å². The first-order chi connectivity index (χ1) is 6.43. The molecule has 0 aliphatic carbocycles. The summed E-state index contributed by atoms with van der Waals surface area (Å²) in [5.74, 6) is -0.203. The lowest BCUT2D eigenvalue weighted by molar-refractivity contribution is 0.461. The van der Waals surface area contributed by atoms with Crippen LogP contribution in [0.4, 0.5) is 0 Å². The summed E-state index contributed by atoms with van der Waals surface area (Å²) in [6.45, 7) is 3.29. The molecule has 0 saturated heterocycles. The smallest absolute Gasteiger partial charge is 0.268 e. The molecule has 1 N–H and O–H groups in total. The van der Waals surface area contributed by atoms with Crippen LogP contribution in [-0.4, -0.2) is 18.2 Å². The van der Waals surface area contributed by atoms with Crippen LogP contribution >= 0.6 is 0 Å². The highest BCUT2D eigenvalue weighted by molar-refractivity contribution is 7.86. The van der Waals surface area contributed by atoms with E-state index in [1.54, 1.807) is 6.92 Å². The topological polar surface area (TPSA) is 54.4 Å². The Labute approximate surface area is 84.5 Å². The molecular weight excluding hydrogens is 200 g/mol. The second kappa shape index (κ2) is 4.11. The zero-order valence-corrected chi connectivity index (χ0v) is 9.03. The molecule has 0 heterocycles. The van der Waals surface area contributed by atoms with Crippen molar-refractivity contribution in [2.45, 2.75) is 25.0 Å². The molecule has 0 saturated carbocycles. The highest BCUT2D eigenvalue weighted by atomic mass is 32.2. The van der Waals surface area contributed by atoms with Crippen molar-refractivity contribution < 1.29 is 13.0 Å². The quantitative estimate of drug-likeness (QED) is 0.784. The number of rotatable bonds is 3. The maximum absolute atomic E-state index is 10.9. The predicted octanol–water partition coefficient (Wildman–Crippen LogP) is 2.07. The lowest BCUT2D eigenvalue weighted by Crippen LogP contribution is -2.22. The Kier molecular flexibility index (Phi) is 3.29. The summed E-state index contributed by atoms with van der Waals surface area (Å²) >= 11 is 0. The molecule has 0 aliphatic heterocycles. The zero-order valence-electron chi connectivity index (χ0n) is 8.21. The minimum atomic E-state index is -3.95. The van der Waals surface area contributed by atoms with Gasteiger partial charge in [0.05, 0.1) is 5.25 Å². The Bertz CT molecular complexity index is 383. The van der Waals surface area contributed by atoms with Gasteiger partial charge >= 0.3 is 0 Å². The lowest BCUT2D eigenvalue weighted by Gasteiger charge is -2.17. The highest BCUT2D eigenvalue weighted by Crippen LogP contribution is 2.22. The largest absolute Gasteiger partial charge is 0.285 e. The summed E-state index contributed by atoms with van der Waals surface area (Å²) in [5.41, 5.74) is 0.914. The SMILES string of the molecule is CC(c1ccccc1)C(C)S(=O)(=O)O. The molecular formula is C10H14O3S. The van der Waals surface area contributed by atoms with Crippen LogP contribution in [-0.2, 0) is 10.1 Å². The minimum Gasteiger partial charge on any atom is -0.285 e. The Morgan fingerprint density at radius 2 is 1.64 bits per heavy atom. The fourth-order valence-electron chi connectivity index (χ4n) is 1.29. The standard InChI is InChI=1S/C10H14O3S/c1-8(9(2)14(11,12)13)10-6-4-3-5-7-10/h3-9H,1-2H3,(H,11,12,13). The van der Waals surface area contributed by atoms with Crippen molar-refractivity contribution in [2.24, 2.45) is 0 Å². The molecule has 0 amide bonds. The van der Waals surface area contributed by atoms with Crippen molar-refractivity contribution >= 4 is 10.1 Å². The van der Waals surface area contributed by atoms with Crippen LogP contribution in [0.3, 0.4) is 0 Å². The maximum atomic E-state index is 10.9. The van der Waals surface area contributed by atoms with Gasteiger partial charge in [0.15, 0.2) is 0 Å². The number of benzene rings is 1. The Morgan fingerprint density at radius 3 is 2.07 bits per heavy atom. The molecule has 0 spiro atoms. The third-order valence-electron chi connectivity index (χ3n) is 2.50. The molecule has 3 nitrogen and oxygen atoms in total. The van der Waals surface area contributed by atoms with Gasteiger partial charge in [0.2, 0.25) is 0 Å². The van der Waals surface area contributed by atoms with Gasteiger partial charge in [-0.3, -0.25) is 4.55 Å². The van der Waals surface area contributed by atoms with E-state index >= 15 is 0 Å². The first-order valence-corrected chi connectivity index (χ1v) is 5.94. The van der Waals surface area contributed by atoms with Crippen molar-refractivity contribution in [2.75, 3.05) is 0 Å². The van der Waals surface area contributed by atoms with Gasteiger partial charge < -0.3 is 0 Å². The Hall–Kier alpha value is -0.870. The van der Waals surface area contributed by atoms with E-state index < -0.39 is 15.4 Å². The molecule has 2 atom stereocenters. The van der Waals surface area contributed by atoms with Crippen LogP contribution in [0.15, 0.2) is 30.3 Å². The van der Waals surface area contributed by atoms with Crippen LogP contribution in [0.2, 0.25) is 0 Å². The fourth-order valence-corrected chi connectivity index (χ4v) is 1.96. The van der Waals surface area contributed by atoms with Gasteiger partial charge in [-0.2, -0.15) is 8.42 Å². The van der Waals surface area contributed by atoms with Crippen LogP contribution in [0.25, 0.3) is 0 Å². The summed E-state index contributed by atoms with van der Waals surface area (Å²) in [6.07, 6.45) is 0. The summed E-state index contributed by atoms with van der Waals surface area (Å²) in [6, 6.07) is 9.28. The third-order valence-corrected chi connectivity index (χ3v) is 3.85. The summed E-state index contributed by atoms with van der Waals surface area (Å²) < 4.78 is 30.7. The van der Waals surface area contributed by atoms with Gasteiger partial charge in [0, 0.05) is 0 Å². The lowest BCUT2D eigenvalue weighted by atomic mass is 9.99. The van der Waals surface area contributed by atoms with E-state index in [0.29, 0.717) is 0 Å². The Balaban J connectivity index is 2.92. The van der Waals surface area contributed by atoms with Crippen LogP contribution < -0.4 is 0 Å². The average molecular weight is 214 g/mol. The highest BCUT2D eigenvalue weighted by Gasteiger charge is 2.24. The predicted molar refractivity (Wildman–Crippen MR) is 55.9 cm³/mol. The fraction of sp³-hybridized carbons (Fsp3) is 0.400. The van der Waals surface area contributed by atoms with E-state index in [2.05, 4.69) is 0 Å². The van der Waals surface area contributed by atoms with E-state index in [-0.39, 0.29) is 5.92 Å². The normalized spacial score (nSPS) is 16.2. The molecule has 0 fully saturated rings. The minimum absolute atomic E-state index is 0.203. The number of hydrogen-bond acceptors (Lipinski definition) is 2. The second-order valence-electron chi connectivity index (χ2n) is 3.42. The van der Waals surface area contributed by atoms with Gasteiger partial charge in [-0.15, -0.1) is 0 Å².